The van der Waals surface area contributed by atoms with Gasteiger partial charge in [-0.25, -0.2) is 9.67 Å². The number of rotatable bonds is 4. The number of thiazole rings is 1. The second-order valence-electron chi connectivity index (χ2n) is 5.95. The van der Waals surface area contributed by atoms with E-state index in [4.69, 9.17) is 0 Å². The van der Waals surface area contributed by atoms with Crippen LogP contribution in [0.4, 0.5) is 5.13 Å². The number of para-hydroxylation sites is 1. The zero-order valence-corrected chi connectivity index (χ0v) is 14.3. The molecule has 8 heteroatoms. The van der Waals surface area contributed by atoms with Crippen molar-refractivity contribution in [3.8, 4) is 0 Å². The molecule has 4 rings (SSSR count). The molecule has 1 unspecified atom stereocenters. The summed E-state index contributed by atoms with van der Waals surface area (Å²) in [5, 5.41) is 11.7. The molecule has 1 aromatic carbocycles. The van der Waals surface area contributed by atoms with E-state index in [1.54, 1.807) is 20.9 Å². The minimum Gasteiger partial charge on any atom is -0.330 e. The summed E-state index contributed by atoms with van der Waals surface area (Å²) >= 11 is 1.59. The third-order valence-corrected chi connectivity index (χ3v) is 5.38. The molecule has 1 amide bonds. The van der Waals surface area contributed by atoms with Crippen molar-refractivity contribution in [2.75, 3.05) is 18.4 Å². The van der Waals surface area contributed by atoms with E-state index in [1.807, 2.05) is 24.3 Å². The molecular weight excluding hydrogens is 324 g/mol. The lowest BCUT2D eigenvalue weighted by molar-refractivity contribution is -0.913. The van der Waals surface area contributed by atoms with Crippen molar-refractivity contribution in [1.29, 1.82) is 0 Å². The van der Waals surface area contributed by atoms with E-state index in [2.05, 4.69) is 27.5 Å². The van der Waals surface area contributed by atoms with Crippen LogP contribution in [0.3, 0.4) is 0 Å². The molecule has 1 aliphatic rings. The summed E-state index contributed by atoms with van der Waals surface area (Å²) in [6.45, 7) is 5.58. The number of nitrogens with one attached hydrogen (secondary N) is 2. The summed E-state index contributed by atoms with van der Waals surface area (Å²) in [5.74, 6) is -0.128. The van der Waals surface area contributed by atoms with Crippen molar-refractivity contribution in [3.63, 3.8) is 0 Å². The topological polar surface area (TPSA) is 77.1 Å². The molecule has 0 saturated carbocycles. The van der Waals surface area contributed by atoms with Gasteiger partial charge in [-0.3, -0.25) is 4.79 Å². The van der Waals surface area contributed by atoms with Crippen LogP contribution in [0.15, 0.2) is 24.3 Å². The zero-order valence-electron chi connectivity index (χ0n) is 13.5. The first-order valence-corrected chi connectivity index (χ1v) is 8.95. The lowest BCUT2D eigenvalue weighted by Crippen LogP contribution is -3.11. The van der Waals surface area contributed by atoms with E-state index in [0.717, 1.165) is 42.8 Å². The average molecular weight is 343 g/mol. The van der Waals surface area contributed by atoms with Crippen LogP contribution < -0.4 is 10.2 Å². The second kappa shape index (κ2) is 6.29. The number of quaternary nitrogens is 1. The molecule has 1 aliphatic heterocycles. The number of amides is 1. The Labute approximate surface area is 143 Å². The predicted octanol–water partition coefficient (Wildman–Crippen LogP) is 0.487. The molecule has 0 fully saturated rings. The number of likely N-dealkylation sites (N-methyl/N-ethyl adjacent to an activating group) is 1. The number of hydrogen-bond donors (Lipinski definition) is 2. The molecule has 2 aromatic heterocycles. The van der Waals surface area contributed by atoms with E-state index in [-0.39, 0.29) is 12.5 Å². The maximum Gasteiger partial charge on any atom is 0.247 e. The van der Waals surface area contributed by atoms with Gasteiger partial charge in [0.15, 0.2) is 5.13 Å². The Hall–Kier alpha value is -2.32. The number of nitrogens with zero attached hydrogens (tertiary/aromatic N) is 4. The largest absolute Gasteiger partial charge is 0.330 e. The molecular formula is C16H19N6OS+. The molecule has 124 valence electrons. The van der Waals surface area contributed by atoms with Gasteiger partial charge in [0.05, 0.1) is 29.2 Å². The molecule has 0 bridgehead atoms. The molecule has 7 nitrogen and oxygen atoms in total. The zero-order chi connectivity index (χ0) is 16.5. The van der Waals surface area contributed by atoms with E-state index in [9.17, 15) is 4.79 Å². The normalized spacial score (nSPS) is 17.0. The van der Waals surface area contributed by atoms with Gasteiger partial charge in [-0.15, -0.1) is 5.10 Å². The Morgan fingerprint density at radius 1 is 1.42 bits per heavy atom. The SMILES string of the molecule is CC[NH+]1CCc2nc(NC(=O)Cn3nnc4ccccc43)sc2C1. The number of carbonyl (C=O) groups excluding carboxylic acids is 1. The van der Waals surface area contributed by atoms with Crippen LogP contribution in [0.5, 0.6) is 0 Å². The van der Waals surface area contributed by atoms with Gasteiger partial charge >= 0.3 is 0 Å². The van der Waals surface area contributed by atoms with Gasteiger partial charge in [-0.1, -0.05) is 28.7 Å². The third kappa shape index (κ3) is 2.90. The summed E-state index contributed by atoms with van der Waals surface area (Å²) in [6, 6.07) is 7.61. The van der Waals surface area contributed by atoms with Crippen molar-refractivity contribution in [1.82, 2.24) is 20.0 Å². The van der Waals surface area contributed by atoms with Crippen LogP contribution in [0.25, 0.3) is 11.0 Å². The molecule has 3 heterocycles. The van der Waals surface area contributed by atoms with E-state index >= 15 is 0 Å². The summed E-state index contributed by atoms with van der Waals surface area (Å²) in [6.07, 6.45) is 0.985. The highest BCUT2D eigenvalue weighted by Crippen LogP contribution is 2.24. The number of benzene rings is 1. The highest BCUT2D eigenvalue weighted by molar-refractivity contribution is 7.15. The van der Waals surface area contributed by atoms with Crippen LogP contribution in [-0.4, -0.2) is 39.0 Å². The van der Waals surface area contributed by atoms with Gasteiger partial charge < -0.3 is 10.2 Å². The number of aromatic nitrogens is 4. The molecule has 0 aliphatic carbocycles. The molecule has 2 N–H and O–H groups in total. The summed E-state index contributed by atoms with van der Waals surface area (Å²) in [5.41, 5.74) is 2.78. The maximum absolute atomic E-state index is 12.3. The first-order chi connectivity index (χ1) is 11.7. The average Bonchev–Trinajstić information content (AvgIpc) is 3.17. The van der Waals surface area contributed by atoms with E-state index in [1.165, 1.54) is 4.88 Å². The molecule has 0 radical (unpaired) electrons. The van der Waals surface area contributed by atoms with Crippen molar-refractivity contribution >= 4 is 33.4 Å². The highest BCUT2D eigenvalue weighted by Gasteiger charge is 2.23. The number of hydrogen-bond acceptors (Lipinski definition) is 5. The molecule has 24 heavy (non-hydrogen) atoms. The van der Waals surface area contributed by atoms with Crippen LogP contribution in [0.1, 0.15) is 17.5 Å². The van der Waals surface area contributed by atoms with Crippen LogP contribution >= 0.6 is 11.3 Å². The van der Waals surface area contributed by atoms with Crippen LogP contribution in [-0.2, 0) is 24.3 Å². The van der Waals surface area contributed by atoms with Crippen LogP contribution in [0, 0.1) is 0 Å². The number of anilines is 1. The fourth-order valence-corrected chi connectivity index (χ4v) is 4.11. The van der Waals surface area contributed by atoms with Crippen molar-refractivity contribution in [2.45, 2.75) is 26.4 Å². The van der Waals surface area contributed by atoms with Gasteiger partial charge in [0.1, 0.15) is 18.6 Å². The third-order valence-electron chi connectivity index (χ3n) is 4.36. The van der Waals surface area contributed by atoms with E-state index < -0.39 is 0 Å². The quantitative estimate of drug-likeness (QED) is 0.723. The molecule has 1 atom stereocenters. The fraction of sp³-hybridized carbons (Fsp3) is 0.375. The predicted molar refractivity (Wildman–Crippen MR) is 92.1 cm³/mol. The van der Waals surface area contributed by atoms with Gasteiger partial charge in [0.25, 0.3) is 0 Å². The fourth-order valence-electron chi connectivity index (χ4n) is 3.01. The monoisotopic (exact) mass is 343 g/mol. The Kier molecular flexibility index (Phi) is 3.99. The highest BCUT2D eigenvalue weighted by atomic mass is 32.1. The first-order valence-electron chi connectivity index (χ1n) is 8.13. The molecule has 0 saturated heterocycles. The Balaban J connectivity index is 1.46. The van der Waals surface area contributed by atoms with Gasteiger partial charge in [-0.05, 0) is 19.1 Å². The minimum atomic E-state index is -0.128. The first kappa shape index (κ1) is 15.2. The van der Waals surface area contributed by atoms with E-state index in [0.29, 0.717) is 5.13 Å². The van der Waals surface area contributed by atoms with Crippen LogP contribution in [0.2, 0.25) is 0 Å². The standard InChI is InChI=1S/C16H18N6OS/c1-2-21-8-7-12-14(9-21)24-16(17-12)18-15(23)10-22-13-6-4-3-5-11(13)19-20-22/h3-6H,2,7-10H2,1H3,(H,17,18,23)/p+1. The van der Waals surface area contributed by atoms with Gasteiger partial charge in [0.2, 0.25) is 5.91 Å². The smallest absolute Gasteiger partial charge is 0.247 e. The summed E-state index contributed by atoms with van der Waals surface area (Å²) in [7, 11) is 0. The van der Waals surface area contributed by atoms with Crippen molar-refractivity contribution in [2.24, 2.45) is 0 Å². The Morgan fingerprint density at radius 2 is 2.29 bits per heavy atom. The lowest BCUT2D eigenvalue weighted by Gasteiger charge is -2.20. The van der Waals surface area contributed by atoms with Gasteiger partial charge in [0, 0.05) is 6.42 Å². The Morgan fingerprint density at radius 3 is 3.17 bits per heavy atom. The second-order valence-corrected chi connectivity index (χ2v) is 7.04. The molecule has 0 spiro atoms. The van der Waals surface area contributed by atoms with Crippen molar-refractivity contribution in [3.05, 3.63) is 34.8 Å². The lowest BCUT2D eigenvalue weighted by atomic mass is 10.2. The maximum atomic E-state index is 12.3. The minimum absolute atomic E-state index is 0.128. The van der Waals surface area contributed by atoms with Crippen molar-refractivity contribution < 1.29 is 9.69 Å². The van der Waals surface area contributed by atoms with Gasteiger partial charge in [-0.2, -0.15) is 0 Å². The summed E-state index contributed by atoms with van der Waals surface area (Å²) in [4.78, 5) is 19.8. The number of carbonyl (C=O) groups is 1. The number of fused-ring (bicyclic) bond motifs is 2. The molecule has 3 aromatic rings. The Bertz CT molecular complexity index is 886. The summed E-state index contributed by atoms with van der Waals surface area (Å²) < 4.78 is 1.61.